The van der Waals surface area contributed by atoms with Crippen molar-refractivity contribution >= 4 is 17.5 Å². The van der Waals surface area contributed by atoms with Crippen LogP contribution >= 0.6 is 11.6 Å². The molecular weight excluding hydrogens is 362 g/mol. The highest BCUT2D eigenvalue weighted by molar-refractivity contribution is 6.30. The lowest BCUT2D eigenvalue weighted by Gasteiger charge is -2.22. The first kappa shape index (κ1) is 17.7. The molecule has 4 rings (SSSR count). The van der Waals surface area contributed by atoms with Gasteiger partial charge in [-0.3, -0.25) is 4.79 Å². The summed E-state index contributed by atoms with van der Waals surface area (Å²) in [5.74, 6) is 1.30. The second-order valence-corrected chi connectivity index (χ2v) is 7.23. The second kappa shape index (κ2) is 7.53. The number of carbonyl (C=O) groups is 1. The number of halogens is 1. The van der Waals surface area contributed by atoms with Crippen molar-refractivity contribution in [3.8, 4) is 0 Å². The number of oxazole rings is 1. The van der Waals surface area contributed by atoms with Gasteiger partial charge in [0.15, 0.2) is 0 Å². The van der Waals surface area contributed by atoms with E-state index < -0.39 is 0 Å². The van der Waals surface area contributed by atoms with Gasteiger partial charge in [-0.05, 0) is 49.6 Å². The van der Waals surface area contributed by atoms with Gasteiger partial charge in [-0.1, -0.05) is 29.8 Å². The third-order valence-electron chi connectivity index (χ3n) is 4.77. The predicted molar refractivity (Wildman–Crippen MR) is 103 cm³/mol. The van der Waals surface area contributed by atoms with Crippen molar-refractivity contribution in [1.29, 1.82) is 0 Å². The molecule has 0 saturated carbocycles. The number of benzene rings is 1. The van der Waals surface area contributed by atoms with Crippen LogP contribution in [0.5, 0.6) is 0 Å². The van der Waals surface area contributed by atoms with Gasteiger partial charge < -0.3 is 9.32 Å². The Kier molecular flexibility index (Phi) is 4.94. The van der Waals surface area contributed by atoms with Crippen LogP contribution in [0, 0.1) is 6.92 Å². The highest BCUT2D eigenvalue weighted by Crippen LogP contribution is 2.33. The lowest BCUT2D eigenvalue weighted by molar-refractivity contribution is 0.0708. The van der Waals surface area contributed by atoms with Gasteiger partial charge in [-0.25, -0.2) is 9.97 Å². The summed E-state index contributed by atoms with van der Waals surface area (Å²) in [5.41, 5.74) is 2.40. The van der Waals surface area contributed by atoms with E-state index in [1.807, 2.05) is 48.2 Å². The zero-order valence-electron chi connectivity index (χ0n) is 15.1. The molecule has 1 amide bonds. The number of hydrogen-bond acceptors (Lipinski definition) is 4. The van der Waals surface area contributed by atoms with Gasteiger partial charge in [-0.15, -0.1) is 0 Å². The van der Waals surface area contributed by atoms with Gasteiger partial charge in [0.2, 0.25) is 5.89 Å². The maximum Gasteiger partial charge on any atom is 0.273 e. The van der Waals surface area contributed by atoms with Crippen molar-refractivity contribution in [2.75, 3.05) is 6.54 Å². The van der Waals surface area contributed by atoms with Crippen LogP contribution in [0.15, 0.2) is 53.1 Å². The topological polar surface area (TPSA) is 59.2 Å². The molecule has 6 heteroatoms. The molecule has 1 saturated heterocycles. The molecule has 5 nitrogen and oxygen atoms in total. The fourth-order valence-electron chi connectivity index (χ4n) is 3.44. The number of aromatic nitrogens is 2. The van der Waals surface area contributed by atoms with Crippen molar-refractivity contribution in [2.45, 2.75) is 32.2 Å². The first-order valence-corrected chi connectivity index (χ1v) is 9.41. The van der Waals surface area contributed by atoms with Crippen molar-refractivity contribution in [2.24, 2.45) is 0 Å². The number of aryl methyl sites for hydroxylation is 1. The molecule has 0 unspecified atom stereocenters. The molecule has 1 fully saturated rings. The first-order valence-electron chi connectivity index (χ1n) is 9.04. The largest absolute Gasteiger partial charge is 0.443 e. The molecular formula is C21H20ClN3O2. The Bertz CT molecular complexity index is 952. The fraction of sp³-hybridized carbons (Fsp3) is 0.286. The maximum atomic E-state index is 12.9. The van der Waals surface area contributed by atoms with Crippen LogP contribution in [0.25, 0.3) is 0 Å². The average Bonchev–Trinajstić information content (AvgIpc) is 3.32. The minimum absolute atomic E-state index is 0.0707. The van der Waals surface area contributed by atoms with Gasteiger partial charge in [0.05, 0.1) is 6.20 Å². The van der Waals surface area contributed by atoms with Gasteiger partial charge >= 0.3 is 0 Å². The van der Waals surface area contributed by atoms with Gasteiger partial charge in [0.1, 0.15) is 17.5 Å². The summed E-state index contributed by atoms with van der Waals surface area (Å²) >= 11 is 5.93. The summed E-state index contributed by atoms with van der Waals surface area (Å²) in [6, 6.07) is 13.0. The number of likely N-dealkylation sites (tertiary alicyclic amines) is 1. The van der Waals surface area contributed by atoms with E-state index in [-0.39, 0.29) is 11.9 Å². The smallest absolute Gasteiger partial charge is 0.273 e. The van der Waals surface area contributed by atoms with Crippen molar-refractivity contribution in [3.05, 3.63) is 82.3 Å². The van der Waals surface area contributed by atoms with Crippen molar-refractivity contribution < 1.29 is 9.21 Å². The number of carbonyl (C=O) groups excluding carboxylic acids is 1. The molecule has 0 radical (unpaired) electrons. The van der Waals surface area contributed by atoms with Crippen LogP contribution < -0.4 is 0 Å². The van der Waals surface area contributed by atoms with Crippen LogP contribution in [-0.2, 0) is 6.42 Å². The standard InChI is InChI=1S/C21H20ClN3O2/c1-14-4-2-5-18(24-14)21(26)25-11-3-6-19(25)20-23-13-17(27-20)12-15-7-9-16(22)10-8-15/h2,4-5,7-10,13,19H,3,6,11-12H2,1H3/t19-/m0/s1. The Hall–Kier alpha value is -2.66. The zero-order chi connectivity index (χ0) is 18.8. The molecule has 2 aromatic heterocycles. The Balaban J connectivity index is 1.51. The van der Waals surface area contributed by atoms with E-state index >= 15 is 0 Å². The normalized spacial score (nSPS) is 16.7. The van der Waals surface area contributed by atoms with E-state index in [4.69, 9.17) is 16.0 Å². The lowest BCUT2D eigenvalue weighted by atomic mass is 10.1. The molecule has 3 aromatic rings. The molecule has 0 spiro atoms. The summed E-state index contributed by atoms with van der Waals surface area (Å²) in [5, 5.41) is 0.710. The summed E-state index contributed by atoms with van der Waals surface area (Å²) in [7, 11) is 0. The Morgan fingerprint density at radius 1 is 1.26 bits per heavy atom. The highest BCUT2D eigenvalue weighted by Gasteiger charge is 2.34. The van der Waals surface area contributed by atoms with Crippen LogP contribution in [-0.4, -0.2) is 27.3 Å². The van der Waals surface area contributed by atoms with Crippen molar-refractivity contribution in [1.82, 2.24) is 14.9 Å². The molecule has 0 N–H and O–H groups in total. The van der Waals surface area contributed by atoms with Gasteiger partial charge in [0, 0.05) is 23.7 Å². The zero-order valence-corrected chi connectivity index (χ0v) is 15.8. The Morgan fingerprint density at radius 2 is 2.07 bits per heavy atom. The molecule has 27 heavy (non-hydrogen) atoms. The van der Waals surface area contributed by atoms with Crippen LogP contribution in [0.1, 0.15) is 52.3 Å². The average molecular weight is 382 g/mol. The lowest BCUT2D eigenvalue weighted by Crippen LogP contribution is -2.31. The van der Waals surface area contributed by atoms with E-state index in [1.54, 1.807) is 12.3 Å². The summed E-state index contributed by atoms with van der Waals surface area (Å²) in [4.78, 5) is 23.5. The highest BCUT2D eigenvalue weighted by atomic mass is 35.5. The van der Waals surface area contributed by atoms with Crippen LogP contribution in [0.3, 0.4) is 0 Å². The van der Waals surface area contributed by atoms with E-state index in [1.165, 1.54) is 0 Å². The molecule has 1 atom stereocenters. The summed E-state index contributed by atoms with van der Waals surface area (Å²) in [6.45, 7) is 2.57. The SMILES string of the molecule is Cc1cccc(C(=O)N2CCC[C@H]2c2ncc(Cc3ccc(Cl)cc3)o2)n1. The second-order valence-electron chi connectivity index (χ2n) is 6.79. The quantitative estimate of drug-likeness (QED) is 0.662. The number of rotatable bonds is 4. The van der Waals surface area contributed by atoms with E-state index in [2.05, 4.69) is 9.97 Å². The number of pyridine rings is 1. The van der Waals surface area contributed by atoms with E-state index in [0.29, 0.717) is 29.6 Å². The number of amides is 1. The Morgan fingerprint density at radius 3 is 2.85 bits per heavy atom. The van der Waals surface area contributed by atoms with Crippen LogP contribution in [0.4, 0.5) is 0 Å². The number of nitrogens with zero attached hydrogens (tertiary/aromatic N) is 3. The summed E-state index contributed by atoms with van der Waals surface area (Å²) in [6.07, 6.45) is 4.16. The third-order valence-corrected chi connectivity index (χ3v) is 5.02. The molecule has 3 heterocycles. The van der Waals surface area contributed by atoms with E-state index in [9.17, 15) is 4.79 Å². The molecule has 1 aromatic carbocycles. The summed E-state index contributed by atoms with van der Waals surface area (Å²) < 4.78 is 5.98. The molecule has 0 bridgehead atoms. The predicted octanol–water partition coefficient (Wildman–Crippen LogP) is 4.60. The minimum atomic E-state index is -0.140. The molecule has 0 aliphatic carbocycles. The Labute approximate surface area is 163 Å². The molecule has 138 valence electrons. The molecule has 1 aliphatic heterocycles. The fourth-order valence-corrected chi connectivity index (χ4v) is 3.56. The van der Waals surface area contributed by atoms with E-state index in [0.717, 1.165) is 29.9 Å². The number of hydrogen-bond donors (Lipinski definition) is 0. The minimum Gasteiger partial charge on any atom is -0.443 e. The monoisotopic (exact) mass is 381 g/mol. The molecule has 1 aliphatic rings. The third kappa shape index (κ3) is 3.88. The van der Waals surface area contributed by atoms with Crippen molar-refractivity contribution in [3.63, 3.8) is 0 Å². The van der Waals surface area contributed by atoms with Crippen LogP contribution in [0.2, 0.25) is 5.02 Å². The van der Waals surface area contributed by atoms with Gasteiger partial charge in [-0.2, -0.15) is 0 Å². The maximum absolute atomic E-state index is 12.9. The first-order chi connectivity index (χ1) is 13.1. The van der Waals surface area contributed by atoms with Gasteiger partial charge in [0.25, 0.3) is 5.91 Å².